The highest BCUT2D eigenvalue weighted by Crippen LogP contribution is 2.28. The van der Waals surface area contributed by atoms with E-state index in [2.05, 4.69) is 20.8 Å². The van der Waals surface area contributed by atoms with Crippen molar-refractivity contribution in [3.05, 3.63) is 36.4 Å². The van der Waals surface area contributed by atoms with Gasteiger partial charge in [-0.3, -0.25) is 9.59 Å². The van der Waals surface area contributed by atoms with Gasteiger partial charge in [-0.1, -0.05) is 20.8 Å². The Kier molecular flexibility index (Phi) is 4.62. The van der Waals surface area contributed by atoms with Gasteiger partial charge in [0.25, 0.3) is 11.8 Å². The first-order valence-corrected chi connectivity index (χ1v) is 9.93. The SMILES string of the molecule is CC[Si](CC)(CC)Oc1ccc(N2C(=O)C=CC2=O)cc1. The summed E-state index contributed by atoms with van der Waals surface area (Å²) in [6.45, 7) is 6.54. The van der Waals surface area contributed by atoms with E-state index in [4.69, 9.17) is 4.43 Å². The topological polar surface area (TPSA) is 46.6 Å². The molecule has 1 heterocycles. The minimum Gasteiger partial charge on any atom is -0.544 e. The fourth-order valence-electron chi connectivity index (χ4n) is 2.53. The van der Waals surface area contributed by atoms with E-state index >= 15 is 0 Å². The first-order valence-electron chi connectivity index (χ1n) is 7.40. The van der Waals surface area contributed by atoms with E-state index in [-0.39, 0.29) is 11.8 Å². The molecule has 0 saturated carbocycles. The molecule has 112 valence electrons. The van der Waals surface area contributed by atoms with Crippen molar-refractivity contribution in [1.82, 2.24) is 0 Å². The number of benzene rings is 1. The van der Waals surface area contributed by atoms with E-state index in [1.807, 2.05) is 12.1 Å². The van der Waals surface area contributed by atoms with Gasteiger partial charge in [0.15, 0.2) is 0 Å². The summed E-state index contributed by atoms with van der Waals surface area (Å²) in [5.74, 6) is 0.226. The predicted molar refractivity (Wildman–Crippen MR) is 85.9 cm³/mol. The van der Waals surface area contributed by atoms with Crippen molar-refractivity contribution < 1.29 is 14.0 Å². The van der Waals surface area contributed by atoms with E-state index in [9.17, 15) is 9.59 Å². The van der Waals surface area contributed by atoms with Crippen molar-refractivity contribution in [2.75, 3.05) is 4.90 Å². The van der Waals surface area contributed by atoms with Gasteiger partial charge >= 0.3 is 0 Å². The molecule has 0 bridgehead atoms. The van der Waals surface area contributed by atoms with Gasteiger partial charge in [-0.2, -0.15) is 0 Å². The van der Waals surface area contributed by atoms with E-state index in [1.165, 1.54) is 12.2 Å². The van der Waals surface area contributed by atoms with Crippen LogP contribution >= 0.6 is 0 Å². The molecule has 1 aromatic rings. The molecule has 0 unspecified atom stereocenters. The Bertz CT molecular complexity index is 535. The van der Waals surface area contributed by atoms with Crippen LogP contribution in [-0.4, -0.2) is 20.1 Å². The number of nitrogens with zero attached hydrogens (tertiary/aromatic N) is 1. The van der Waals surface area contributed by atoms with Gasteiger partial charge in [-0.25, -0.2) is 4.90 Å². The fraction of sp³-hybridized carbons (Fsp3) is 0.375. The third-order valence-electron chi connectivity index (χ3n) is 4.17. The molecule has 2 amide bonds. The normalized spacial score (nSPS) is 14.9. The highest BCUT2D eigenvalue weighted by molar-refractivity contribution is 6.74. The molecule has 1 aromatic carbocycles. The molecule has 2 rings (SSSR count). The maximum absolute atomic E-state index is 11.6. The predicted octanol–water partition coefficient (Wildman–Crippen LogP) is 3.50. The Morgan fingerprint density at radius 1 is 0.905 bits per heavy atom. The van der Waals surface area contributed by atoms with Crippen molar-refractivity contribution >= 4 is 25.8 Å². The van der Waals surface area contributed by atoms with Gasteiger partial charge in [-0.05, 0) is 42.4 Å². The highest BCUT2D eigenvalue weighted by atomic mass is 28.4. The standard InChI is InChI=1S/C16H21NO3Si/c1-4-21(5-2,6-3)20-14-9-7-13(8-10-14)17-15(18)11-12-16(17)19/h7-12H,4-6H2,1-3H3. The molecule has 0 radical (unpaired) electrons. The number of imide groups is 1. The summed E-state index contributed by atoms with van der Waals surface area (Å²) in [6, 6.07) is 10.4. The second-order valence-electron chi connectivity index (χ2n) is 5.18. The van der Waals surface area contributed by atoms with Crippen LogP contribution in [0.5, 0.6) is 5.75 Å². The lowest BCUT2D eigenvalue weighted by Crippen LogP contribution is -2.39. The molecule has 0 saturated heterocycles. The molecule has 0 atom stereocenters. The lowest BCUT2D eigenvalue weighted by Gasteiger charge is -2.29. The molecule has 0 N–H and O–H groups in total. The highest BCUT2D eigenvalue weighted by Gasteiger charge is 2.31. The molecule has 0 spiro atoms. The summed E-state index contributed by atoms with van der Waals surface area (Å²) < 4.78 is 6.26. The summed E-state index contributed by atoms with van der Waals surface area (Å²) in [5.41, 5.74) is 0.583. The lowest BCUT2D eigenvalue weighted by molar-refractivity contribution is -0.119. The van der Waals surface area contributed by atoms with Crippen LogP contribution in [0.1, 0.15) is 20.8 Å². The number of hydrogen-bond donors (Lipinski definition) is 0. The molecule has 1 aliphatic heterocycles. The Balaban J connectivity index is 2.16. The fourth-order valence-corrected chi connectivity index (χ4v) is 5.10. The molecule has 4 nitrogen and oxygen atoms in total. The summed E-state index contributed by atoms with van der Waals surface area (Å²) >= 11 is 0. The van der Waals surface area contributed by atoms with Gasteiger partial charge in [0.05, 0.1) is 5.69 Å². The van der Waals surface area contributed by atoms with Crippen LogP contribution < -0.4 is 9.33 Å². The van der Waals surface area contributed by atoms with Gasteiger partial charge in [0.1, 0.15) is 5.75 Å². The zero-order chi connectivity index (χ0) is 15.5. The maximum atomic E-state index is 11.6. The minimum absolute atomic E-state index is 0.298. The second-order valence-corrected chi connectivity index (χ2v) is 9.88. The molecular formula is C16H21NO3Si. The summed E-state index contributed by atoms with van der Waals surface area (Å²) in [4.78, 5) is 24.4. The molecule has 0 aromatic heterocycles. The Labute approximate surface area is 126 Å². The van der Waals surface area contributed by atoms with Crippen molar-refractivity contribution in [2.45, 2.75) is 38.9 Å². The number of anilines is 1. The molecule has 1 aliphatic rings. The first kappa shape index (κ1) is 15.5. The van der Waals surface area contributed by atoms with Crippen LogP contribution in [0, 0.1) is 0 Å². The van der Waals surface area contributed by atoms with E-state index in [0.29, 0.717) is 5.69 Å². The molecule has 5 heteroatoms. The Hall–Kier alpha value is -1.88. The Morgan fingerprint density at radius 3 is 1.81 bits per heavy atom. The monoisotopic (exact) mass is 303 g/mol. The smallest absolute Gasteiger partial charge is 0.258 e. The van der Waals surface area contributed by atoms with E-state index in [0.717, 1.165) is 28.8 Å². The van der Waals surface area contributed by atoms with Crippen LogP contribution in [0.15, 0.2) is 36.4 Å². The zero-order valence-electron chi connectivity index (χ0n) is 12.8. The van der Waals surface area contributed by atoms with Gasteiger partial charge in [0, 0.05) is 12.2 Å². The number of carbonyl (C=O) groups is 2. The van der Waals surface area contributed by atoms with E-state index in [1.54, 1.807) is 12.1 Å². The maximum Gasteiger partial charge on any atom is 0.258 e. The lowest BCUT2D eigenvalue weighted by atomic mass is 10.3. The van der Waals surface area contributed by atoms with Crippen molar-refractivity contribution in [3.8, 4) is 5.75 Å². The number of amides is 2. The van der Waals surface area contributed by atoms with Crippen LogP contribution in [0.4, 0.5) is 5.69 Å². The van der Waals surface area contributed by atoms with Gasteiger partial charge in [0.2, 0.25) is 8.32 Å². The molecule has 0 aliphatic carbocycles. The minimum atomic E-state index is -1.69. The van der Waals surface area contributed by atoms with Gasteiger partial charge in [-0.15, -0.1) is 0 Å². The van der Waals surface area contributed by atoms with Crippen LogP contribution in [0.25, 0.3) is 0 Å². The van der Waals surface area contributed by atoms with Gasteiger partial charge < -0.3 is 4.43 Å². The van der Waals surface area contributed by atoms with Crippen LogP contribution in [-0.2, 0) is 9.59 Å². The largest absolute Gasteiger partial charge is 0.544 e. The van der Waals surface area contributed by atoms with Crippen molar-refractivity contribution in [1.29, 1.82) is 0 Å². The summed E-state index contributed by atoms with van der Waals surface area (Å²) in [6.07, 6.45) is 2.58. The third-order valence-corrected chi connectivity index (χ3v) is 8.71. The zero-order valence-corrected chi connectivity index (χ0v) is 13.8. The second kappa shape index (κ2) is 6.26. The summed E-state index contributed by atoms with van der Waals surface area (Å²) in [5, 5.41) is 0. The average Bonchev–Trinajstić information content (AvgIpc) is 2.85. The number of rotatable bonds is 6. The van der Waals surface area contributed by atoms with Crippen LogP contribution in [0.2, 0.25) is 18.1 Å². The van der Waals surface area contributed by atoms with Crippen LogP contribution in [0.3, 0.4) is 0 Å². The average molecular weight is 303 g/mol. The van der Waals surface area contributed by atoms with Crippen molar-refractivity contribution in [2.24, 2.45) is 0 Å². The third kappa shape index (κ3) is 3.08. The number of carbonyl (C=O) groups excluding carboxylic acids is 2. The molecule has 21 heavy (non-hydrogen) atoms. The summed E-state index contributed by atoms with van der Waals surface area (Å²) in [7, 11) is -1.69. The van der Waals surface area contributed by atoms with Crippen molar-refractivity contribution in [3.63, 3.8) is 0 Å². The van der Waals surface area contributed by atoms with E-state index < -0.39 is 8.32 Å². The number of hydrogen-bond acceptors (Lipinski definition) is 3. The quantitative estimate of drug-likeness (QED) is 0.597. The molecule has 0 fully saturated rings. The first-order chi connectivity index (χ1) is 10.0. The molecular weight excluding hydrogens is 282 g/mol. The Morgan fingerprint density at radius 2 is 1.38 bits per heavy atom.